The van der Waals surface area contributed by atoms with Crippen molar-refractivity contribution in [2.45, 2.75) is 46.5 Å². The Kier molecular flexibility index (Phi) is 3.79. The minimum Gasteiger partial charge on any atom is -0.348 e. The molecule has 1 aromatic heterocycles. The van der Waals surface area contributed by atoms with Crippen LogP contribution in [0.4, 0.5) is 0 Å². The van der Waals surface area contributed by atoms with Gasteiger partial charge in [0.2, 0.25) is 0 Å². The third-order valence-electron chi connectivity index (χ3n) is 3.96. The van der Waals surface area contributed by atoms with Crippen LogP contribution in [0.15, 0.2) is 24.3 Å². The summed E-state index contributed by atoms with van der Waals surface area (Å²) in [6, 6.07) is 9.30. The molecule has 1 aromatic carbocycles. The molecule has 0 N–H and O–H groups in total. The van der Waals surface area contributed by atoms with Gasteiger partial charge < -0.3 is 4.57 Å². The van der Waals surface area contributed by atoms with Crippen molar-refractivity contribution in [1.82, 2.24) is 4.57 Å². The highest BCUT2D eigenvalue weighted by Crippen LogP contribution is 2.26. The molecule has 0 spiro atoms. The number of aromatic nitrogens is 1. The van der Waals surface area contributed by atoms with E-state index in [0.29, 0.717) is 11.8 Å². The fraction of sp³-hybridized carbons (Fsp3) is 0.529. The van der Waals surface area contributed by atoms with Gasteiger partial charge in [0, 0.05) is 23.6 Å². The molecule has 1 atom stereocenters. The first kappa shape index (κ1) is 13.2. The molecule has 1 heteroatoms. The lowest BCUT2D eigenvalue weighted by Crippen LogP contribution is -2.00. The standard InChI is InChI=1S/C17H25N/c1-6-13(4)14-7-8-17-15(10-14)11-16(18(17)5)9-12(2)3/h7-8,10-13H,6,9H2,1-5H3. The van der Waals surface area contributed by atoms with Crippen molar-refractivity contribution in [3.05, 3.63) is 35.5 Å². The first-order valence-electron chi connectivity index (χ1n) is 7.11. The molecule has 0 saturated carbocycles. The zero-order valence-electron chi connectivity index (χ0n) is 12.3. The van der Waals surface area contributed by atoms with E-state index in [1.165, 1.54) is 28.6 Å². The number of benzene rings is 1. The molecule has 18 heavy (non-hydrogen) atoms. The second-order valence-corrected chi connectivity index (χ2v) is 5.92. The summed E-state index contributed by atoms with van der Waals surface area (Å²) in [5.74, 6) is 1.37. The second-order valence-electron chi connectivity index (χ2n) is 5.92. The average molecular weight is 243 g/mol. The molecule has 0 saturated heterocycles. The van der Waals surface area contributed by atoms with Gasteiger partial charge in [-0.3, -0.25) is 0 Å². The van der Waals surface area contributed by atoms with Crippen LogP contribution in [0.25, 0.3) is 10.9 Å². The van der Waals surface area contributed by atoms with Crippen LogP contribution in [-0.2, 0) is 13.5 Å². The van der Waals surface area contributed by atoms with Gasteiger partial charge in [-0.15, -0.1) is 0 Å². The summed E-state index contributed by atoms with van der Waals surface area (Å²) in [5, 5.41) is 1.39. The van der Waals surface area contributed by atoms with E-state index in [4.69, 9.17) is 0 Å². The van der Waals surface area contributed by atoms with Gasteiger partial charge in [-0.2, -0.15) is 0 Å². The summed E-state index contributed by atoms with van der Waals surface area (Å²) in [6.07, 6.45) is 2.36. The fourth-order valence-corrected chi connectivity index (χ4v) is 2.58. The molecule has 1 nitrogen and oxygen atoms in total. The number of hydrogen-bond donors (Lipinski definition) is 0. The predicted molar refractivity (Wildman–Crippen MR) is 80.2 cm³/mol. The van der Waals surface area contributed by atoms with Gasteiger partial charge in [0.15, 0.2) is 0 Å². The summed E-state index contributed by atoms with van der Waals surface area (Å²) >= 11 is 0. The molecule has 0 aliphatic rings. The highest BCUT2D eigenvalue weighted by Gasteiger charge is 2.09. The molecule has 2 aromatic rings. The minimum atomic E-state index is 0.656. The first-order valence-corrected chi connectivity index (χ1v) is 7.11. The lowest BCUT2D eigenvalue weighted by molar-refractivity contribution is 0.620. The monoisotopic (exact) mass is 243 g/mol. The van der Waals surface area contributed by atoms with E-state index in [2.05, 4.69) is 63.6 Å². The van der Waals surface area contributed by atoms with Crippen molar-refractivity contribution in [3.63, 3.8) is 0 Å². The van der Waals surface area contributed by atoms with Crippen LogP contribution >= 0.6 is 0 Å². The molecule has 0 bridgehead atoms. The molecule has 0 aliphatic heterocycles. The summed E-state index contributed by atoms with van der Waals surface area (Å²) in [4.78, 5) is 0. The van der Waals surface area contributed by atoms with Crippen LogP contribution in [0.1, 0.15) is 51.3 Å². The lowest BCUT2D eigenvalue weighted by atomic mass is 9.97. The maximum atomic E-state index is 2.37. The fourth-order valence-electron chi connectivity index (χ4n) is 2.58. The molecule has 98 valence electrons. The molecular weight excluding hydrogens is 218 g/mol. The maximum Gasteiger partial charge on any atom is 0.0480 e. The quantitative estimate of drug-likeness (QED) is 0.720. The Morgan fingerprint density at radius 3 is 2.44 bits per heavy atom. The van der Waals surface area contributed by atoms with Crippen molar-refractivity contribution >= 4 is 10.9 Å². The Balaban J connectivity index is 2.45. The summed E-state index contributed by atoms with van der Waals surface area (Å²) in [5.41, 5.74) is 4.27. The van der Waals surface area contributed by atoms with Crippen LogP contribution < -0.4 is 0 Å². The van der Waals surface area contributed by atoms with Crippen molar-refractivity contribution in [1.29, 1.82) is 0 Å². The Morgan fingerprint density at radius 2 is 1.83 bits per heavy atom. The normalized spacial score (nSPS) is 13.4. The number of nitrogens with zero attached hydrogens (tertiary/aromatic N) is 1. The van der Waals surface area contributed by atoms with Crippen molar-refractivity contribution < 1.29 is 0 Å². The van der Waals surface area contributed by atoms with E-state index < -0.39 is 0 Å². The third kappa shape index (κ3) is 2.45. The van der Waals surface area contributed by atoms with E-state index in [1.54, 1.807) is 0 Å². The Hall–Kier alpha value is -1.24. The van der Waals surface area contributed by atoms with Crippen LogP contribution in [0.3, 0.4) is 0 Å². The smallest absolute Gasteiger partial charge is 0.0480 e. The highest BCUT2D eigenvalue weighted by atomic mass is 14.9. The van der Waals surface area contributed by atoms with Crippen LogP contribution in [0, 0.1) is 5.92 Å². The number of fused-ring (bicyclic) bond motifs is 1. The van der Waals surface area contributed by atoms with Gasteiger partial charge in [-0.05, 0) is 48.4 Å². The molecular formula is C17H25N. The van der Waals surface area contributed by atoms with Gasteiger partial charge in [0.05, 0.1) is 0 Å². The minimum absolute atomic E-state index is 0.656. The molecule has 0 fully saturated rings. The van der Waals surface area contributed by atoms with Crippen molar-refractivity contribution in [2.24, 2.45) is 13.0 Å². The number of rotatable bonds is 4. The van der Waals surface area contributed by atoms with Crippen LogP contribution in [-0.4, -0.2) is 4.57 Å². The van der Waals surface area contributed by atoms with Gasteiger partial charge in [0.1, 0.15) is 0 Å². The van der Waals surface area contributed by atoms with E-state index in [1.807, 2.05) is 0 Å². The Labute approximate surface area is 111 Å². The Bertz CT molecular complexity index is 534. The number of aryl methyl sites for hydroxylation is 1. The summed E-state index contributed by atoms with van der Waals surface area (Å²) in [6.45, 7) is 9.12. The Morgan fingerprint density at radius 1 is 1.11 bits per heavy atom. The molecule has 0 radical (unpaired) electrons. The van der Waals surface area contributed by atoms with Crippen molar-refractivity contribution in [2.75, 3.05) is 0 Å². The highest BCUT2D eigenvalue weighted by molar-refractivity contribution is 5.82. The average Bonchev–Trinajstić information content (AvgIpc) is 2.64. The third-order valence-corrected chi connectivity index (χ3v) is 3.96. The zero-order valence-corrected chi connectivity index (χ0v) is 12.3. The van der Waals surface area contributed by atoms with Gasteiger partial charge in [-0.25, -0.2) is 0 Å². The largest absolute Gasteiger partial charge is 0.348 e. The van der Waals surface area contributed by atoms with Gasteiger partial charge in [0.25, 0.3) is 0 Å². The van der Waals surface area contributed by atoms with E-state index in [0.717, 1.165) is 6.42 Å². The van der Waals surface area contributed by atoms with Crippen LogP contribution in [0.5, 0.6) is 0 Å². The maximum absolute atomic E-state index is 2.37. The molecule has 1 heterocycles. The SMILES string of the molecule is CCC(C)c1ccc2c(c1)cc(CC(C)C)n2C. The molecule has 2 rings (SSSR count). The van der Waals surface area contributed by atoms with Crippen molar-refractivity contribution in [3.8, 4) is 0 Å². The van der Waals surface area contributed by atoms with Crippen LogP contribution in [0.2, 0.25) is 0 Å². The second kappa shape index (κ2) is 5.17. The molecule has 1 unspecified atom stereocenters. The van der Waals surface area contributed by atoms with E-state index in [9.17, 15) is 0 Å². The zero-order chi connectivity index (χ0) is 13.3. The molecule has 0 amide bonds. The molecule has 0 aliphatic carbocycles. The van der Waals surface area contributed by atoms with E-state index >= 15 is 0 Å². The summed E-state index contributed by atoms with van der Waals surface area (Å²) < 4.78 is 2.34. The van der Waals surface area contributed by atoms with Gasteiger partial charge in [-0.1, -0.05) is 33.8 Å². The lowest BCUT2D eigenvalue weighted by Gasteiger charge is -2.09. The predicted octanol–water partition coefficient (Wildman–Crippen LogP) is 4.89. The van der Waals surface area contributed by atoms with Gasteiger partial charge >= 0.3 is 0 Å². The number of hydrogen-bond acceptors (Lipinski definition) is 0. The summed E-state index contributed by atoms with van der Waals surface area (Å²) in [7, 11) is 2.18. The first-order chi connectivity index (χ1) is 8.52. The van der Waals surface area contributed by atoms with E-state index in [-0.39, 0.29) is 0 Å². The topological polar surface area (TPSA) is 4.93 Å².